The van der Waals surface area contributed by atoms with E-state index in [4.69, 9.17) is 25.7 Å². The summed E-state index contributed by atoms with van der Waals surface area (Å²) in [5.74, 6) is -0.413. The fourth-order valence-corrected chi connectivity index (χ4v) is 3.62. The van der Waals surface area contributed by atoms with Gasteiger partial charge in [-0.3, -0.25) is 10.4 Å². The number of halogens is 1. The Kier molecular flexibility index (Phi) is 8.28. The van der Waals surface area contributed by atoms with Crippen molar-refractivity contribution in [2.24, 2.45) is 5.73 Å². The Balaban J connectivity index is 1.83. The normalized spacial score (nSPS) is 11.7. The summed E-state index contributed by atoms with van der Waals surface area (Å²) in [7, 11) is 0. The molecule has 0 radical (unpaired) electrons. The molecule has 2 aromatic carbocycles. The average Bonchev–Trinajstić information content (AvgIpc) is 3.31. The molecular weight excluding hydrogens is 495 g/mol. The van der Waals surface area contributed by atoms with E-state index in [1.165, 1.54) is 24.5 Å². The minimum atomic E-state index is -1.02. The van der Waals surface area contributed by atoms with Crippen LogP contribution in [0.4, 0.5) is 10.1 Å². The fourth-order valence-electron chi connectivity index (χ4n) is 3.62. The van der Waals surface area contributed by atoms with Gasteiger partial charge in [-0.25, -0.2) is 19.2 Å². The lowest BCUT2D eigenvalue weighted by atomic mass is 10.0. The first-order valence-electron chi connectivity index (χ1n) is 11.8. The SMILES string of the molecule is CCOc1cc(OCCCO)c(F)c([C@H](Nc2ccc(C(=N)N)cc2)c2nn(-c3ncccn3)c(=O)[nH]2)c1. The number of aliphatic hydroxyl groups is 1. The van der Waals surface area contributed by atoms with Crippen LogP contribution in [-0.2, 0) is 0 Å². The van der Waals surface area contributed by atoms with Crippen molar-refractivity contribution >= 4 is 11.5 Å². The monoisotopic (exact) mass is 522 g/mol. The van der Waals surface area contributed by atoms with E-state index >= 15 is 4.39 Å². The summed E-state index contributed by atoms with van der Waals surface area (Å²) in [6.07, 6.45) is 3.25. The quantitative estimate of drug-likeness (QED) is 0.106. The number of benzene rings is 2. The van der Waals surface area contributed by atoms with Gasteiger partial charge in [0.05, 0.1) is 13.2 Å². The number of ether oxygens (including phenoxy) is 2. The minimum absolute atomic E-state index is 0.0427. The van der Waals surface area contributed by atoms with Gasteiger partial charge in [0.2, 0.25) is 0 Å². The summed E-state index contributed by atoms with van der Waals surface area (Å²) in [4.78, 5) is 23.6. The Hall–Kier alpha value is -4.78. The molecule has 0 saturated heterocycles. The molecule has 0 unspecified atom stereocenters. The van der Waals surface area contributed by atoms with Crippen LogP contribution in [0.2, 0.25) is 0 Å². The van der Waals surface area contributed by atoms with E-state index in [0.29, 0.717) is 30.0 Å². The number of nitrogen functional groups attached to an aromatic ring is 1. The topological polar surface area (TPSA) is 177 Å². The van der Waals surface area contributed by atoms with Gasteiger partial charge in [0.1, 0.15) is 17.6 Å². The second kappa shape index (κ2) is 12.0. The molecule has 1 atom stereocenters. The van der Waals surface area contributed by atoms with Gasteiger partial charge in [-0.15, -0.1) is 9.78 Å². The molecule has 2 heterocycles. The second-order valence-electron chi connectivity index (χ2n) is 8.03. The number of aromatic nitrogens is 5. The number of aliphatic hydroxyl groups excluding tert-OH is 1. The van der Waals surface area contributed by atoms with Crippen molar-refractivity contribution in [3.63, 3.8) is 0 Å². The molecule has 198 valence electrons. The van der Waals surface area contributed by atoms with Gasteiger partial charge >= 0.3 is 5.69 Å². The van der Waals surface area contributed by atoms with Crippen molar-refractivity contribution in [1.29, 1.82) is 5.41 Å². The zero-order valence-corrected chi connectivity index (χ0v) is 20.5. The smallest absolute Gasteiger partial charge is 0.350 e. The molecule has 0 aliphatic rings. The predicted molar refractivity (Wildman–Crippen MR) is 137 cm³/mol. The summed E-state index contributed by atoms with van der Waals surface area (Å²) in [5.41, 5.74) is 6.07. The molecule has 0 fully saturated rings. The second-order valence-corrected chi connectivity index (χ2v) is 8.03. The van der Waals surface area contributed by atoms with Gasteiger partial charge in [0.15, 0.2) is 17.4 Å². The third-order valence-electron chi connectivity index (χ3n) is 5.38. The summed E-state index contributed by atoms with van der Waals surface area (Å²) in [6, 6.07) is 10.1. The van der Waals surface area contributed by atoms with Crippen molar-refractivity contribution in [2.75, 3.05) is 25.1 Å². The third kappa shape index (κ3) is 5.95. The molecular formula is C25H27FN8O4. The van der Waals surface area contributed by atoms with Gasteiger partial charge in [-0.05, 0) is 43.3 Å². The maximum atomic E-state index is 15.9. The summed E-state index contributed by atoms with van der Waals surface area (Å²) in [5, 5.41) is 24.2. The number of nitrogens with one attached hydrogen (secondary N) is 3. The first kappa shape index (κ1) is 26.3. The van der Waals surface area contributed by atoms with E-state index in [1.807, 2.05) is 0 Å². The van der Waals surface area contributed by atoms with Crippen LogP contribution < -0.4 is 26.2 Å². The molecule has 4 rings (SSSR count). The average molecular weight is 523 g/mol. The fraction of sp³-hybridized carbons (Fsp3) is 0.240. The highest BCUT2D eigenvalue weighted by Gasteiger charge is 2.27. The highest BCUT2D eigenvalue weighted by Crippen LogP contribution is 2.35. The molecule has 0 saturated carbocycles. The number of rotatable bonds is 12. The van der Waals surface area contributed by atoms with Crippen LogP contribution in [0, 0.1) is 11.2 Å². The van der Waals surface area contributed by atoms with E-state index < -0.39 is 17.5 Å². The van der Waals surface area contributed by atoms with Crippen molar-refractivity contribution in [3.05, 3.63) is 88.1 Å². The predicted octanol–water partition coefficient (Wildman–Crippen LogP) is 2.14. The van der Waals surface area contributed by atoms with Gasteiger partial charge in [0.25, 0.3) is 5.95 Å². The first-order chi connectivity index (χ1) is 18.4. The van der Waals surface area contributed by atoms with Crippen LogP contribution in [0.25, 0.3) is 5.95 Å². The highest BCUT2D eigenvalue weighted by atomic mass is 19.1. The molecule has 6 N–H and O–H groups in total. The van der Waals surface area contributed by atoms with E-state index in [-0.39, 0.29) is 42.1 Å². The van der Waals surface area contributed by atoms with Crippen LogP contribution in [0.15, 0.2) is 59.7 Å². The van der Waals surface area contributed by atoms with Crippen LogP contribution in [0.5, 0.6) is 11.5 Å². The van der Waals surface area contributed by atoms with Crippen LogP contribution >= 0.6 is 0 Å². The maximum absolute atomic E-state index is 15.9. The van der Waals surface area contributed by atoms with Gasteiger partial charge in [0, 0.05) is 48.3 Å². The lowest BCUT2D eigenvalue weighted by Gasteiger charge is -2.21. The van der Waals surface area contributed by atoms with Crippen LogP contribution in [0.3, 0.4) is 0 Å². The Morgan fingerprint density at radius 2 is 1.97 bits per heavy atom. The number of aromatic amines is 1. The van der Waals surface area contributed by atoms with Gasteiger partial charge < -0.3 is 25.6 Å². The highest BCUT2D eigenvalue weighted by molar-refractivity contribution is 5.95. The number of nitrogens with two attached hydrogens (primary N) is 1. The Morgan fingerprint density at radius 1 is 1.24 bits per heavy atom. The van der Waals surface area contributed by atoms with Crippen LogP contribution in [0.1, 0.15) is 36.3 Å². The third-order valence-corrected chi connectivity index (χ3v) is 5.38. The Labute approximate surface area is 216 Å². The van der Waals surface area contributed by atoms with E-state index in [2.05, 4.69) is 25.4 Å². The largest absolute Gasteiger partial charge is 0.494 e. The van der Waals surface area contributed by atoms with E-state index in [1.54, 1.807) is 37.3 Å². The van der Waals surface area contributed by atoms with Gasteiger partial charge in [-0.1, -0.05) is 0 Å². The molecule has 0 bridgehead atoms. The van der Waals surface area contributed by atoms with Crippen LogP contribution in [-0.4, -0.2) is 55.5 Å². The zero-order chi connectivity index (χ0) is 27.1. The lowest BCUT2D eigenvalue weighted by Crippen LogP contribution is -2.18. The standard InChI is InChI=1S/C25H27FN8O4/c1-2-37-17-13-18(20(26)19(14-17)38-12-4-11-35)21(31-16-7-5-15(6-8-16)22(27)28)23-32-25(36)34(33-23)24-29-9-3-10-30-24/h3,5-10,13-14,21,31,35H,2,4,11-12H2,1H3,(H3,27,28)(H,32,33,36)/t21-/m0/s1. The zero-order valence-electron chi connectivity index (χ0n) is 20.5. The Morgan fingerprint density at radius 3 is 2.63 bits per heavy atom. The summed E-state index contributed by atoms with van der Waals surface area (Å²) < 4.78 is 28.1. The maximum Gasteiger partial charge on any atom is 0.350 e. The molecule has 2 aromatic heterocycles. The first-order valence-corrected chi connectivity index (χ1v) is 11.8. The number of H-pyrrole nitrogens is 1. The van der Waals surface area contributed by atoms with Crippen molar-refractivity contribution < 1.29 is 19.0 Å². The van der Waals surface area contributed by atoms with Crippen molar-refractivity contribution in [1.82, 2.24) is 24.7 Å². The number of hydrogen-bond acceptors (Lipinski definition) is 9. The molecule has 38 heavy (non-hydrogen) atoms. The number of hydrogen-bond donors (Lipinski definition) is 5. The molecule has 0 amide bonds. The summed E-state index contributed by atoms with van der Waals surface area (Å²) in [6.45, 7) is 2.09. The Bertz CT molecular complexity index is 1440. The molecule has 0 aliphatic carbocycles. The van der Waals surface area contributed by atoms with E-state index in [0.717, 1.165) is 4.68 Å². The van der Waals surface area contributed by atoms with Gasteiger partial charge in [-0.2, -0.15) is 0 Å². The molecule has 0 aliphatic heterocycles. The van der Waals surface area contributed by atoms with E-state index in [9.17, 15) is 4.79 Å². The number of amidine groups is 1. The van der Waals surface area contributed by atoms with Crippen molar-refractivity contribution in [3.8, 4) is 17.4 Å². The number of nitrogens with zero attached hydrogens (tertiary/aromatic N) is 4. The summed E-state index contributed by atoms with van der Waals surface area (Å²) >= 11 is 0. The molecule has 0 spiro atoms. The minimum Gasteiger partial charge on any atom is -0.494 e. The molecule has 12 nitrogen and oxygen atoms in total. The lowest BCUT2D eigenvalue weighted by molar-refractivity contribution is 0.227. The molecule has 4 aromatic rings. The molecule has 13 heteroatoms. The number of anilines is 1. The van der Waals surface area contributed by atoms with Crippen molar-refractivity contribution in [2.45, 2.75) is 19.4 Å².